The van der Waals surface area contributed by atoms with E-state index in [9.17, 15) is 0 Å². The molecule has 0 saturated carbocycles. The number of hydrogen-bond acceptors (Lipinski definition) is 1. The van der Waals surface area contributed by atoms with E-state index in [0.717, 1.165) is 11.3 Å². The lowest BCUT2D eigenvalue weighted by Gasteiger charge is -2.18. The highest BCUT2D eigenvalue weighted by Crippen LogP contribution is 2.25. The van der Waals surface area contributed by atoms with Gasteiger partial charge in [-0.2, -0.15) is 0 Å². The molecule has 0 saturated heterocycles. The second-order valence-corrected chi connectivity index (χ2v) is 6.54. The highest BCUT2D eigenvalue weighted by atomic mass is 35.5. The van der Waals surface area contributed by atoms with Gasteiger partial charge in [0.2, 0.25) is 0 Å². The molecule has 2 aromatic rings. The molecule has 0 unspecified atom stereocenters. The molecule has 0 atom stereocenters. The number of halogens is 2. The van der Waals surface area contributed by atoms with Crippen molar-refractivity contribution >= 4 is 35.1 Å². The van der Waals surface area contributed by atoms with Gasteiger partial charge in [-0.05, 0) is 40.8 Å². The first kappa shape index (κ1) is 15.1. The summed E-state index contributed by atoms with van der Waals surface area (Å²) in [6.45, 7) is 6.59. The third kappa shape index (κ3) is 3.84. The quantitative estimate of drug-likeness (QED) is 0.600. The Balaban J connectivity index is 2.17. The minimum atomic E-state index is 0.159. The molecule has 2 rings (SSSR count). The van der Waals surface area contributed by atoms with Gasteiger partial charge in [0.25, 0.3) is 0 Å². The Hall–Kier alpha value is -1.31. The van der Waals surface area contributed by atoms with Crippen LogP contribution in [0.15, 0.2) is 47.5 Å². The van der Waals surface area contributed by atoms with Crippen LogP contribution < -0.4 is 0 Å². The topological polar surface area (TPSA) is 12.4 Å². The average Bonchev–Trinajstić information content (AvgIpc) is 2.40. The van der Waals surface area contributed by atoms with E-state index < -0.39 is 0 Å². The van der Waals surface area contributed by atoms with E-state index in [1.54, 1.807) is 18.3 Å². The van der Waals surface area contributed by atoms with Crippen LogP contribution in [-0.2, 0) is 5.41 Å². The van der Waals surface area contributed by atoms with E-state index in [4.69, 9.17) is 23.2 Å². The standard InChI is InChI=1S/C17H17Cl2N/c1-17(2,3)13-5-7-14(8-6-13)20-11-12-4-9-15(18)16(19)10-12/h4-11H,1-3H3. The van der Waals surface area contributed by atoms with E-state index in [1.165, 1.54) is 5.56 Å². The van der Waals surface area contributed by atoms with E-state index in [2.05, 4.69) is 37.9 Å². The smallest absolute Gasteiger partial charge is 0.0630 e. The molecule has 104 valence electrons. The summed E-state index contributed by atoms with van der Waals surface area (Å²) in [6.07, 6.45) is 1.79. The molecule has 20 heavy (non-hydrogen) atoms. The molecule has 0 bridgehead atoms. The number of nitrogens with zero attached hydrogens (tertiary/aromatic N) is 1. The van der Waals surface area contributed by atoms with Crippen molar-refractivity contribution in [3.63, 3.8) is 0 Å². The van der Waals surface area contributed by atoms with Gasteiger partial charge in [0.1, 0.15) is 0 Å². The average molecular weight is 306 g/mol. The molecule has 0 N–H and O–H groups in total. The second-order valence-electron chi connectivity index (χ2n) is 5.73. The fourth-order valence-electron chi connectivity index (χ4n) is 1.79. The lowest BCUT2D eigenvalue weighted by atomic mass is 9.87. The maximum atomic E-state index is 5.97. The van der Waals surface area contributed by atoms with Crippen molar-refractivity contribution in [3.05, 3.63) is 63.6 Å². The van der Waals surface area contributed by atoms with Crippen LogP contribution in [0, 0.1) is 0 Å². The third-order valence-corrected chi connectivity index (χ3v) is 3.78. The first-order chi connectivity index (χ1) is 9.36. The van der Waals surface area contributed by atoms with Crippen molar-refractivity contribution in [2.45, 2.75) is 26.2 Å². The van der Waals surface area contributed by atoms with E-state index in [0.29, 0.717) is 10.0 Å². The monoisotopic (exact) mass is 305 g/mol. The van der Waals surface area contributed by atoms with Crippen LogP contribution in [-0.4, -0.2) is 6.21 Å². The molecule has 2 aromatic carbocycles. The molecule has 0 aliphatic carbocycles. The van der Waals surface area contributed by atoms with Crippen molar-refractivity contribution in [1.82, 2.24) is 0 Å². The molecule has 0 aromatic heterocycles. The Labute approximate surface area is 130 Å². The summed E-state index contributed by atoms with van der Waals surface area (Å²) in [4.78, 5) is 4.44. The van der Waals surface area contributed by atoms with E-state index >= 15 is 0 Å². The normalized spacial score (nSPS) is 12.1. The number of aliphatic imine (C=N–C) groups is 1. The zero-order valence-corrected chi connectivity index (χ0v) is 13.3. The molecule has 0 fully saturated rings. The van der Waals surface area contributed by atoms with Crippen LogP contribution in [0.1, 0.15) is 31.9 Å². The predicted octanol–water partition coefficient (Wildman–Crippen LogP) is 6.04. The van der Waals surface area contributed by atoms with Crippen LogP contribution in [0.3, 0.4) is 0 Å². The summed E-state index contributed by atoms with van der Waals surface area (Å²) in [7, 11) is 0. The minimum absolute atomic E-state index is 0.159. The highest BCUT2D eigenvalue weighted by Gasteiger charge is 2.12. The van der Waals surface area contributed by atoms with Crippen LogP contribution in [0.4, 0.5) is 5.69 Å². The van der Waals surface area contributed by atoms with E-state index in [-0.39, 0.29) is 5.41 Å². The third-order valence-electron chi connectivity index (χ3n) is 3.04. The molecule has 3 heteroatoms. The Morgan fingerprint density at radius 1 is 0.900 bits per heavy atom. The molecular weight excluding hydrogens is 289 g/mol. The van der Waals surface area contributed by atoms with Crippen LogP contribution >= 0.6 is 23.2 Å². The van der Waals surface area contributed by atoms with Gasteiger partial charge in [-0.25, -0.2) is 0 Å². The Morgan fingerprint density at radius 3 is 2.10 bits per heavy atom. The van der Waals surface area contributed by atoms with Gasteiger partial charge in [0.15, 0.2) is 0 Å². The Bertz CT molecular complexity index is 622. The zero-order valence-electron chi connectivity index (χ0n) is 11.8. The summed E-state index contributed by atoms with van der Waals surface area (Å²) < 4.78 is 0. The van der Waals surface area contributed by atoms with Crippen LogP contribution in [0.5, 0.6) is 0 Å². The molecule has 0 amide bonds. The highest BCUT2D eigenvalue weighted by molar-refractivity contribution is 6.42. The maximum absolute atomic E-state index is 5.97. The molecule has 0 aliphatic heterocycles. The molecule has 1 nitrogen and oxygen atoms in total. The van der Waals surface area contributed by atoms with Crippen molar-refractivity contribution in [2.24, 2.45) is 4.99 Å². The summed E-state index contributed by atoms with van der Waals surface area (Å²) >= 11 is 11.9. The number of rotatable bonds is 2. The van der Waals surface area contributed by atoms with Gasteiger partial charge in [0, 0.05) is 6.21 Å². The van der Waals surface area contributed by atoms with Gasteiger partial charge < -0.3 is 0 Å². The second kappa shape index (κ2) is 5.99. The molecular formula is C17H17Cl2N. The van der Waals surface area contributed by atoms with Crippen molar-refractivity contribution in [3.8, 4) is 0 Å². The van der Waals surface area contributed by atoms with Crippen molar-refractivity contribution in [2.75, 3.05) is 0 Å². The molecule has 0 radical (unpaired) electrons. The van der Waals surface area contributed by atoms with Gasteiger partial charge >= 0.3 is 0 Å². The first-order valence-corrected chi connectivity index (χ1v) is 7.21. The Morgan fingerprint density at radius 2 is 1.55 bits per heavy atom. The molecule has 0 aliphatic rings. The van der Waals surface area contributed by atoms with Gasteiger partial charge in [-0.1, -0.05) is 62.2 Å². The minimum Gasteiger partial charge on any atom is -0.256 e. The first-order valence-electron chi connectivity index (χ1n) is 6.46. The van der Waals surface area contributed by atoms with Gasteiger partial charge in [-0.15, -0.1) is 0 Å². The summed E-state index contributed by atoms with van der Waals surface area (Å²) in [5.41, 5.74) is 3.31. The van der Waals surface area contributed by atoms with Crippen molar-refractivity contribution in [1.29, 1.82) is 0 Å². The lowest BCUT2D eigenvalue weighted by molar-refractivity contribution is 0.590. The maximum Gasteiger partial charge on any atom is 0.0630 e. The summed E-state index contributed by atoms with van der Waals surface area (Å²) in [6, 6.07) is 13.7. The summed E-state index contributed by atoms with van der Waals surface area (Å²) in [5.74, 6) is 0. The largest absolute Gasteiger partial charge is 0.256 e. The number of hydrogen-bond donors (Lipinski definition) is 0. The number of benzene rings is 2. The van der Waals surface area contributed by atoms with E-state index in [1.807, 2.05) is 18.2 Å². The molecule has 0 spiro atoms. The fraction of sp³-hybridized carbons (Fsp3) is 0.235. The zero-order chi connectivity index (χ0) is 14.8. The van der Waals surface area contributed by atoms with Crippen LogP contribution in [0.2, 0.25) is 10.0 Å². The fourth-order valence-corrected chi connectivity index (χ4v) is 2.10. The molecule has 0 heterocycles. The predicted molar refractivity (Wildman–Crippen MR) is 88.9 cm³/mol. The van der Waals surface area contributed by atoms with Crippen molar-refractivity contribution < 1.29 is 0 Å². The summed E-state index contributed by atoms with van der Waals surface area (Å²) in [5, 5.41) is 1.09. The van der Waals surface area contributed by atoms with Gasteiger partial charge in [-0.3, -0.25) is 4.99 Å². The van der Waals surface area contributed by atoms with Gasteiger partial charge in [0.05, 0.1) is 15.7 Å². The van der Waals surface area contributed by atoms with Crippen LogP contribution in [0.25, 0.3) is 0 Å². The SMILES string of the molecule is CC(C)(C)c1ccc(N=Cc2ccc(Cl)c(Cl)c2)cc1. The Kier molecular flexibility index (Phi) is 4.52. The lowest BCUT2D eigenvalue weighted by Crippen LogP contribution is -2.10.